The van der Waals surface area contributed by atoms with E-state index in [-0.39, 0.29) is 11.6 Å². The zero-order valence-corrected chi connectivity index (χ0v) is 19.1. The molecule has 0 aliphatic carbocycles. The van der Waals surface area contributed by atoms with E-state index in [2.05, 4.69) is 0 Å². The molecule has 0 fully saturated rings. The van der Waals surface area contributed by atoms with Crippen LogP contribution in [0.5, 0.6) is 0 Å². The van der Waals surface area contributed by atoms with Crippen molar-refractivity contribution in [2.24, 2.45) is 0 Å². The maximum atomic E-state index is 13.4. The van der Waals surface area contributed by atoms with Gasteiger partial charge in [-0.3, -0.25) is 4.79 Å². The second-order valence-corrected chi connectivity index (χ2v) is 9.58. The van der Waals surface area contributed by atoms with Gasteiger partial charge in [0.1, 0.15) is 18.1 Å². The molecule has 12 heteroatoms. The lowest BCUT2D eigenvalue weighted by Gasteiger charge is -2.15. The molecule has 192 valence electrons. The molecule has 0 unspecified atom stereocenters. The van der Waals surface area contributed by atoms with Crippen LogP contribution in [0.1, 0.15) is 16.7 Å². The highest BCUT2D eigenvalue weighted by atomic mass is 32.2. The Morgan fingerprint density at radius 3 is 2.06 bits per heavy atom. The smallest absolute Gasteiger partial charge is 0.299 e. The van der Waals surface area contributed by atoms with Crippen molar-refractivity contribution in [2.75, 3.05) is 6.54 Å². The van der Waals surface area contributed by atoms with E-state index >= 15 is 0 Å². The number of alkyl halides is 6. The van der Waals surface area contributed by atoms with Crippen molar-refractivity contribution in [3.63, 3.8) is 0 Å². The molecule has 0 bridgehead atoms. The average Bonchev–Trinajstić information content (AvgIpc) is 2.78. The van der Waals surface area contributed by atoms with E-state index < -0.39 is 69.4 Å². The predicted molar refractivity (Wildman–Crippen MR) is 117 cm³/mol. The Hall–Kier alpha value is -3.25. The minimum absolute atomic E-state index is 0.0803. The summed E-state index contributed by atoms with van der Waals surface area (Å²) in [6, 6.07) is 13.6. The topological polar surface area (TPSA) is 63.2 Å². The van der Waals surface area contributed by atoms with Gasteiger partial charge in [0.25, 0.3) is 0 Å². The standard InChI is InChI=1S/C24H18F7NO3S/c25-18-7-6-16(22(13-18)24(29,30)31)10-19(33)11-17-12-20(36(34,35)32-14-23(26,27)28)8-9-21(17)15-4-2-1-3-5-15/h1-9,12-13,32H,10-11,14H2. The Balaban J connectivity index is 1.97. The largest absolute Gasteiger partial charge is 0.416 e. The molecule has 0 amide bonds. The molecule has 1 N–H and O–H groups in total. The van der Waals surface area contributed by atoms with Gasteiger partial charge >= 0.3 is 12.4 Å². The van der Waals surface area contributed by atoms with Crippen LogP contribution in [0.4, 0.5) is 30.7 Å². The first-order valence-corrected chi connectivity index (χ1v) is 11.8. The van der Waals surface area contributed by atoms with Gasteiger partial charge in [-0.2, -0.15) is 26.3 Å². The van der Waals surface area contributed by atoms with E-state index in [0.717, 1.165) is 24.3 Å². The Kier molecular flexibility index (Phi) is 7.89. The van der Waals surface area contributed by atoms with Crippen molar-refractivity contribution in [2.45, 2.75) is 30.1 Å². The number of rotatable bonds is 8. The minimum Gasteiger partial charge on any atom is -0.299 e. The molecule has 0 heterocycles. The summed E-state index contributed by atoms with van der Waals surface area (Å²) < 4.78 is 117. The van der Waals surface area contributed by atoms with Crippen LogP contribution in [0, 0.1) is 5.82 Å². The highest BCUT2D eigenvalue weighted by Gasteiger charge is 2.34. The van der Waals surface area contributed by atoms with Gasteiger partial charge in [-0.15, -0.1) is 0 Å². The zero-order valence-electron chi connectivity index (χ0n) is 18.3. The molecule has 3 aromatic rings. The van der Waals surface area contributed by atoms with Crippen molar-refractivity contribution in [3.8, 4) is 11.1 Å². The molecule has 0 saturated carbocycles. The Labute approximate surface area is 201 Å². The number of Topliss-reactive ketones (excluding diaryl/α,β-unsaturated/α-hetero) is 1. The number of hydrogen-bond donors (Lipinski definition) is 1. The maximum Gasteiger partial charge on any atom is 0.416 e. The molecule has 36 heavy (non-hydrogen) atoms. The number of nitrogens with one attached hydrogen (secondary N) is 1. The summed E-state index contributed by atoms with van der Waals surface area (Å²) in [5.74, 6) is -1.88. The Morgan fingerprint density at radius 2 is 1.44 bits per heavy atom. The van der Waals surface area contributed by atoms with Crippen LogP contribution in [0.2, 0.25) is 0 Å². The summed E-state index contributed by atoms with van der Waals surface area (Å²) in [5.41, 5.74) is -0.784. The highest BCUT2D eigenvalue weighted by Crippen LogP contribution is 2.33. The third-order valence-corrected chi connectivity index (χ3v) is 6.49. The molecular weight excluding hydrogens is 515 g/mol. The van der Waals surface area contributed by atoms with Gasteiger partial charge in [0.05, 0.1) is 10.5 Å². The zero-order chi connectivity index (χ0) is 26.7. The lowest BCUT2D eigenvalue weighted by atomic mass is 9.93. The molecule has 0 radical (unpaired) electrons. The monoisotopic (exact) mass is 533 g/mol. The van der Waals surface area contributed by atoms with Crippen molar-refractivity contribution < 1.29 is 43.9 Å². The number of hydrogen-bond acceptors (Lipinski definition) is 3. The first-order chi connectivity index (χ1) is 16.7. The number of carbonyl (C=O) groups excluding carboxylic acids is 1. The van der Waals surface area contributed by atoms with Gasteiger partial charge in [-0.25, -0.2) is 17.5 Å². The fraction of sp³-hybridized carbons (Fsp3) is 0.208. The minimum atomic E-state index is -4.91. The second kappa shape index (κ2) is 10.4. The molecule has 3 aromatic carbocycles. The first-order valence-electron chi connectivity index (χ1n) is 10.3. The summed E-state index contributed by atoms with van der Waals surface area (Å²) >= 11 is 0. The third-order valence-electron chi connectivity index (χ3n) is 5.09. The molecular formula is C24H18F7NO3S. The molecule has 4 nitrogen and oxygen atoms in total. The Morgan fingerprint density at radius 1 is 0.806 bits per heavy atom. The Bertz CT molecular complexity index is 1350. The first kappa shape index (κ1) is 27.3. The second-order valence-electron chi connectivity index (χ2n) is 7.82. The van der Waals surface area contributed by atoms with Gasteiger partial charge in [0.15, 0.2) is 0 Å². The van der Waals surface area contributed by atoms with Crippen LogP contribution in [0.3, 0.4) is 0 Å². The van der Waals surface area contributed by atoms with Crippen LogP contribution >= 0.6 is 0 Å². The molecule has 0 aliphatic rings. The number of ketones is 1. The van der Waals surface area contributed by atoms with Crippen molar-refractivity contribution in [1.29, 1.82) is 0 Å². The van der Waals surface area contributed by atoms with Crippen molar-refractivity contribution in [1.82, 2.24) is 4.72 Å². The maximum absolute atomic E-state index is 13.4. The lowest BCUT2D eigenvalue weighted by molar-refractivity contribution is -0.138. The molecule has 0 saturated heterocycles. The number of sulfonamides is 1. The van der Waals surface area contributed by atoms with E-state index in [4.69, 9.17) is 0 Å². The van der Waals surface area contributed by atoms with E-state index in [1.807, 2.05) is 0 Å². The molecule has 0 spiro atoms. The van der Waals surface area contributed by atoms with Gasteiger partial charge in [-0.1, -0.05) is 42.5 Å². The van der Waals surface area contributed by atoms with E-state index in [1.165, 1.54) is 10.8 Å². The molecule has 0 atom stereocenters. The van der Waals surface area contributed by atoms with Crippen LogP contribution in [-0.4, -0.2) is 26.9 Å². The normalized spacial score (nSPS) is 12.5. The van der Waals surface area contributed by atoms with E-state index in [1.54, 1.807) is 30.3 Å². The van der Waals surface area contributed by atoms with Crippen LogP contribution in [-0.2, 0) is 33.8 Å². The van der Waals surface area contributed by atoms with Crippen molar-refractivity contribution in [3.05, 3.63) is 89.2 Å². The average molecular weight is 533 g/mol. The fourth-order valence-electron chi connectivity index (χ4n) is 3.50. The van der Waals surface area contributed by atoms with E-state index in [9.17, 15) is 43.9 Å². The third kappa shape index (κ3) is 7.14. The van der Waals surface area contributed by atoms with Crippen LogP contribution in [0.15, 0.2) is 71.6 Å². The number of benzene rings is 3. The van der Waals surface area contributed by atoms with Crippen molar-refractivity contribution >= 4 is 15.8 Å². The van der Waals surface area contributed by atoms with Gasteiger partial charge in [0, 0.05) is 12.8 Å². The van der Waals surface area contributed by atoms with Crippen LogP contribution in [0.25, 0.3) is 11.1 Å². The van der Waals surface area contributed by atoms with Gasteiger partial charge < -0.3 is 0 Å². The summed E-state index contributed by atoms with van der Waals surface area (Å²) in [7, 11) is -4.61. The molecule has 0 aliphatic heterocycles. The van der Waals surface area contributed by atoms with Gasteiger partial charge in [-0.05, 0) is 46.5 Å². The van der Waals surface area contributed by atoms with E-state index in [0.29, 0.717) is 11.1 Å². The number of carbonyl (C=O) groups is 1. The highest BCUT2D eigenvalue weighted by molar-refractivity contribution is 7.89. The van der Waals surface area contributed by atoms with Crippen LogP contribution < -0.4 is 4.72 Å². The summed E-state index contributed by atoms with van der Waals surface area (Å²) in [6.45, 7) is -1.81. The van der Waals surface area contributed by atoms with Gasteiger partial charge in [0.2, 0.25) is 10.0 Å². The quantitative estimate of drug-likeness (QED) is 0.378. The summed E-state index contributed by atoms with van der Waals surface area (Å²) in [5, 5.41) is 0. The molecule has 3 rings (SSSR count). The number of halogens is 7. The molecule has 0 aromatic heterocycles. The lowest BCUT2D eigenvalue weighted by Crippen LogP contribution is -2.33. The SMILES string of the molecule is O=C(Cc1cc(S(=O)(=O)NCC(F)(F)F)ccc1-c1ccccc1)Cc1ccc(F)cc1C(F)(F)F. The predicted octanol–water partition coefficient (Wildman–Crippen LogP) is 5.71. The fourth-order valence-corrected chi connectivity index (χ4v) is 4.56. The summed E-state index contributed by atoms with van der Waals surface area (Å²) in [4.78, 5) is 12.2. The summed E-state index contributed by atoms with van der Waals surface area (Å²) in [6.07, 6.45) is -11.0.